The van der Waals surface area contributed by atoms with E-state index in [9.17, 15) is 9.59 Å². The van der Waals surface area contributed by atoms with E-state index in [1.54, 1.807) is 0 Å². The van der Waals surface area contributed by atoms with Crippen molar-refractivity contribution in [2.75, 3.05) is 13.2 Å². The third-order valence-electron chi connectivity index (χ3n) is 6.41. The third-order valence-corrected chi connectivity index (χ3v) is 6.41. The van der Waals surface area contributed by atoms with E-state index in [2.05, 4.69) is 0 Å². The Morgan fingerprint density at radius 2 is 1.65 bits per heavy atom. The molecule has 132 valence electrons. The van der Waals surface area contributed by atoms with Gasteiger partial charge in [0.15, 0.2) is 0 Å². The number of hydrogen-bond donors (Lipinski definition) is 0. The van der Waals surface area contributed by atoms with Crippen LogP contribution in [0.25, 0.3) is 0 Å². The fourth-order valence-corrected chi connectivity index (χ4v) is 4.06. The van der Waals surface area contributed by atoms with Crippen molar-refractivity contribution in [1.82, 2.24) is 0 Å². The molecule has 0 heterocycles. The predicted octanol–water partition coefficient (Wildman–Crippen LogP) is 3.97. The minimum absolute atomic E-state index is 0.0833. The van der Waals surface area contributed by atoms with Crippen molar-refractivity contribution in [1.29, 1.82) is 0 Å². The molecule has 2 rings (SSSR count). The van der Waals surface area contributed by atoms with Gasteiger partial charge in [-0.1, -0.05) is 34.1 Å². The normalized spacial score (nSPS) is 29.2. The summed E-state index contributed by atoms with van der Waals surface area (Å²) >= 11 is 0. The first kappa shape index (κ1) is 18.3. The maximum absolute atomic E-state index is 12.4. The summed E-state index contributed by atoms with van der Waals surface area (Å²) in [5.74, 6) is 1.04. The van der Waals surface area contributed by atoms with Gasteiger partial charge in [-0.15, -0.1) is 0 Å². The minimum atomic E-state index is -0.526. The highest BCUT2D eigenvalue weighted by Gasteiger charge is 2.45. The highest BCUT2D eigenvalue weighted by atomic mass is 16.6. The summed E-state index contributed by atoms with van der Waals surface area (Å²) in [7, 11) is 0. The average molecular weight is 324 g/mol. The first-order chi connectivity index (χ1) is 10.7. The fraction of sp³-hybridized carbons (Fsp3) is 0.895. The summed E-state index contributed by atoms with van der Waals surface area (Å²) in [6, 6.07) is 0. The number of hydrogen-bond acceptors (Lipinski definition) is 4. The van der Waals surface area contributed by atoms with Crippen LogP contribution in [0.1, 0.15) is 66.7 Å². The molecule has 2 fully saturated rings. The maximum atomic E-state index is 12.4. The molecule has 0 aromatic rings. The van der Waals surface area contributed by atoms with Crippen LogP contribution in [0, 0.1) is 28.6 Å². The number of fused-ring (bicyclic) bond motifs is 2. The first-order valence-corrected chi connectivity index (χ1v) is 9.03. The van der Waals surface area contributed by atoms with Gasteiger partial charge in [0.05, 0.1) is 11.3 Å². The Balaban J connectivity index is 1.73. The van der Waals surface area contributed by atoms with Crippen LogP contribution in [0.15, 0.2) is 0 Å². The molecule has 0 aromatic heterocycles. The first-order valence-electron chi connectivity index (χ1n) is 9.03. The van der Waals surface area contributed by atoms with Gasteiger partial charge in [-0.3, -0.25) is 9.59 Å². The molecule has 2 bridgehead atoms. The average Bonchev–Trinajstić information content (AvgIpc) is 3.11. The van der Waals surface area contributed by atoms with Gasteiger partial charge in [-0.25, -0.2) is 0 Å². The van der Waals surface area contributed by atoms with Crippen molar-refractivity contribution in [3.8, 4) is 0 Å². The Morgan fingerprint density at radius 1 is 1.00 bits per heavy atom. The molecule has 2 aliphatic rings. The molecular weight excluding hydrogens is 292 g/mol. The molecule has 0 amide bonds. The van der Waals surface area contributed by atoms with Gasteiger partial charge < -0.3 is 9.47 Å². The molecule has 4 atom stereocenters. The van der Waals surface area contributed by atoms with Gasteiger partial charge in [-0.2, -0.15) is 0 Å². The summed E-state index contributed by atoms with van der Waals surface area (Å²) in [4.78, 5) is 24.5. The summed E-state index contributed by atoms with van der Waals surface area (Å²) in [5, 5.41) is 0. The molecule has 0 saturated heterocycles. The molecule has 0 aliphatic heterocycles. The van der Waals surface area contributed by atoms with Crippen LogP contribution >= 0.6 is 0 Å². The summed E-state index contributed by atoms with van der Waals surface area (Å²) in [6.45, 7) is 10.4. The third kappa shape index (κ3) is 3.72. The highest BCUT2D eigenvalue weighted by molar-refractivity contribution is 5.77. The number of rotatable bonds is 6. The standard InChI is InChI=1S/C19H32O4/c1-6-19(5,18(2,3)4)17(21)23-10-9-22-16(20)15-12-13-7-8-14(15)11-13/h13-15H,6-12H2,1-5H3. The topological polar surface area (TPSA) is 52.6 Å². The zero-order chi connectivity index (χ0) is 17.3. The highest BCUT2D eigenvalue weighted by Crippen LogP contribution is 2.48. The van der Waals surface area contributed by atoms with Gasteiger partial charge in [0, 0.05) is 0 Å². The van der Waals surface area contributed by atoms with Gasteiger partial charge in [0.2, 0.25) is 0 Å². The Kier molecular flexibility index (Phi) is 5.42. The van der Waals surface area contributed by atoms with Crippen LogP contribution in [0.5, 0.6) is 0 Å². The zero-order valence-corrected chi connectivity index (χ0v) is 15.3. The van der Waals surface area contributed by atoms with Crippen molar-refractivity contribution in [3.05, 3.63) is 0 Å². The quantitative estimate of drug-likeness (QED) is 0.548. The summed E-state index contributed by atoms with van der Waals surface area (Å²) < 4.78 is 10.7. The van der Waals surface area contributed by atoms with Crippen LogP contribution in [-0.2, 0) is 19.1 Å². The summed E-state index contributed by atoms with van der Waals surface area (Å²) in [5.41, 5.74) is -0.694. The van der Waals surface area contributed by atoms with E-state index in [1.165, 1.54) is 19.3 Å². The molecule has 0 aromatic carbocycles. The van der Waals surface area contributed by atoms with E-state index in [4.69, 9.17) is 9.47 Å². The van der Waals surface area contributed by atoms with Gasteiger partial charge >= 0.3 is 11.9 Å². The second-order valence-corrected chi connectivity index (χ2v) is 8.52. The Morgan fingerprint density at radius 3 is 2.13 bits per heavy atom. The van der Waals surface area contributed by atoms with Crippen molar-refractivity contribution in [3.63, 3.8) is 0 Å². The van der Waals surface area contributed by atoms with Crippen LogP contribution in [-0.4, -0.2) is 25.2 Å². The number of esters is 2. The van der Waals surface area contributed by atoms with E-state index in [0.717, 1.165) is 18.8 Å². The fourth-order valence-electron chi connectivity index (χ4n) is 4.06. The zero-order valence-electron chi connectivity index (χ0n) is 15.3. The predicted molar refractivity (Wildman–Crippen MR) is 88.7 cm³/mol. The van der Waals surface area contributed by atoms with Crippen molar-refractivity contribution < 1.29 is 19.1 Å². The number of carbonyl (C=O) groups excluding carboxylic acids is 2. The lowest BCUT2D eigenvalue weighted by molar-refractivity contribution is -0.167. The molecule has 23 heavy (non-hydrogen) atoms. The Labute approximate surface area is 140 Å². The van der Waals surface area contributed by atoms with E-state index in [-0.39, 0.29) is 36.5 Å². The number of carbonyl (C=O) groups is 2. The molecule has 4 nitrogen and oxygen atoms in total. The molecule has 2 saturated carbocycles. The lowest BCUT2D eigenvalue weighted by Crippen LogP contribution is -2.41. The van der Waals surface area contributed by atoms with E-state index in [1.807, 2.05) is 34.6 Å². The van der Waals surface area contributed by atoms with Crippen LogP contribution in [0.3, 0.4) is 0 Å². The molecule has 2 aliphatic carbocycles. The molecule has 4 heteroatoms. The monoisotopic (exact) mass is 324 g/mol. The van der Waals surface area contributed by atoms with Crippen molar-refractivity contribution in [2.45, 2.75) is 66.7 Å². The Hall–Kier alpha value is -1.06. The van der Waals surface area contributed by atoms with Crippen molar-refractivity contribution >= 4 is 11.9 Å². The second kappa shape index (κ2) is 6.82. The Bertz CT molecular complexity index is 451. The van der Waals surface area contributed by atoms with Crippen LogP contribution in [0.2, 0.25) is 0 Å². The van der Waals surface area contributed by atoms with E-state index >= 15 is 0 Å². The molecular formula is C19H32O4. The van der Waals surface area contributed by atoms with E-state index in [0.29, 0.717) is 5.92 Å². The van der Waals surface area contributed by atoms with Crippen LogP contribution in [0.4, 0.5) is 0 Å². The lowest BCUT2D eigenvalue weighted by Gasteiger charge is -2.38. The van der Waals surface area contributed by atoms with Gasteiger partial charge in [0.25, 0.3) is 0 Å². The lowest BCUT2D eigenvalue weighted by atomic mass is 9.66. The molecule has 4 unspecified atom stereocenters. The van der Waals surface area contributed by atoms with E-state index < -0.39 is 5.41 Å². The SMILES string of the molecule is CCC(C)(C(=O)OCCOC(=O)C1CC2CCC1C2)C(C)(C)C. The smallest absolute Gasteiger partial charge is 0.312 e. The van der Waals surface area contributed by atoms with Gasteiger partial charge in [0.1, 0.15) is 13.2 Å². The number of ether oxygens (including phenoxy) is 2. The second-order valence-electron chi connectivity index (χ2n) is 8.52. The van der Waals surface area contributed by atoms with Gasteiger partial charge in [-0.05, 0) is 49.9 Å². The molecule has 0 N–H and O–H groups in total. The maximum Gasteiger partial charge on any atom is 0.312 e. The minimum Gasteiger partial charge on any atom is -0.462 e. The largest absolute Gasteiger partial charge is 0.462 e. The summed E-state index contributed by atoms with van der Waals surface area (Å²) in [6.07, 6.45) is 5.34. The molecule has 0 spiro atoms. The van der Waals surface area contributed by atoms with Crippen LogP contribution < -0.4 is 0 Å². The van der Waals surface area contributed by atoms with Crippen molar-refractivity contribution in [2.24, 2.45) is 28.6 Å². The molecule has 0 radical (unpaired) electrons.